The average Bonchev–Trinajstić information content (AvgIpc) is 3.44. The van der Waals surface area contributed by atoms with Crippen molar-refractivity contribution in [3.63, 3.8) is 0 Å². The first-order valence-electron chi connectivity index (χ1n) is 9.82. The Bertz CT molecular complexity index is 1330. The van der Waals surface area contributed by atoms with Gasteiger partial charge in [0.2, 0.25) is 6.79 Å². The van der Waals surface area contributed by atoms with Crippen molar-refractivity contribution in [3.8, 4) is 11.5 Å². The number of benzene rings is 3. The third-order valence-corrected chi connectivity index (χ3v) is 5.15. The lowest BCUT2D eigenvalue weighted by molar-refractivity contribution is 0.0706. The van der Waals surface area contributed by atoms with E-state index in [-0.39, 0.29) is 12.7 Å². The summed E-state index contributed by atoms with van der Waals surface area (Å²) in [6.07, 6.45) is 0. The molecule has 2 amide bonds. The number of nitrogens with zero attached hydrogens (tertiary/aromatic N) is 2. The highest BCUT2D eigenvalue weighted by Crippen LogP contribution is 2.34. The molecule has 2 heterocycles. The van der Waals surface area contributed by atoms with Gasteiger partial charge in [-0.2, -0.15) is 5.10 Å². The van der Waals surface area contributed by atoms with Crippen LogP contribution in [0.4, 0.5) is 5.69 Å². The zero-order valence-electron chi connectivity index (χ0n) is 16.7. The first-order chi connectivity index (χ1) is 15.6. The van der Waals surface area contributed by atoms with Crippen molar-refractivity contribution in [2.75, 3.05) is 12.1 Å². The Morgan fingerprint density at radius 1 is 0.969 bits per heavy atom. The Morgan fingerprint density at radius 2 is 1.75 bits per heavy atom. The van der Waals surface area contributed by atoms with Crippen LogP contribution in [0, 0.1) is 0 Å². The third-order valence-electron chi connectivity index (χ3n) is 5.15. The fourth-order valence-electron chi connectivity index (χ4n) is 3.58. The Kier molecular flexibility index (Phi) is 4.92. The lowest BCUT2D eigenvalue weighted by Crippen LogP contribution is -2.18. The van der Waals surface area contributed by atoms with Gasteiger partial charge >= 0.3 is 0 Å². The van der Waals surface area contributed by atoms with Crippen molar-refractivity contribution in [1.29, 1.82) is 0 Å². The van der Waals surface area contributed by atoms with Gasteiger partial charge in [0.15, 0.2) is 17.2 Å². The van der Waals surface area contributed by atoms with Crippen LogP contribution in [0.3, 0.4) is 0 Å². The monoisotopic (exact) mass is 430 g/mol. The highest BCUT2D eigenvalue weighted by atomic mass is 16.7. The molecule has 0 aliphatic carbocycles. The molecule has 32 heavy (non-hydrogen) atoms. The molecule has 0 spiro atoms. The minimum absolute atomic E-state index is 0.160. The Balaban J connectivity index is 1.42. The molecule has 0 fully saturated rings. The van der Waals surface area contributed by atoms with Gasteiger partial charge in [0.25, 0.3) is 11.8 Å². The number of anilines is 1. The number of rotatable bonds is 5. The number of hydroxylamine groups is 1. The largest absolute Gasteiger partial charge is 0.454 e. The second kappa shape index (κ2) is 8.05. The highest BCUT2D eigenvalue weighted by Gasteiger charge is 2.19. The number of ether oxygens (including phenoxy) is 2. The maximum atomic E-state index is 13.0. The van der Waals surface area contributed by atoms with E-state index in [4.69, 9.17) is 14.7 Å². The van der Waals surface area contributed by atoms with E-state index in [2.05, 4.69) is 10.4 Å². The summed E-state index contributed by atoms with van der Waals surface area (Å²) in [5.41, 5.74) is 4.52. The summed E-state index contributed by atoms with van der Waals surface area (Å²) in [5, 5.41) is 16.9. The summed E-state index contributed by atoms with van der Waals surface area (Å²) >= 11 is 0. The van der Waals surface area contributed by atoms with Crippen LogP contribution < -0.4 is 20.3 Å². The van der Waals surface area contributed by atoms with Crippen molar-refractivity contribution >= 4 is 28.4 Å². The number of para-hydroxylation sites is 1. The number of carbonyl (C=O) groups is 2. The first-order valence-corrected chi connectivity index (χ1v) is 9.82. The molecule has 0 unspecified atom stereocenters. The lowest BCUT2D eigenvalue weighted by Gasteiger charge is -2.06. The van der Waals surface area contributed by atoms with Crippen molar-refractivity contribution < 1.29 is 24.3 Å². The van der Waals surface area contributed by atoms with Crippen LogP contribution in [0.15, 0.2) is 66.7 Å². The zero-order valence-corrected chi connectivity index (χ0v) is 16.7. The van der Waals surface area contributed by atoms with E-state index in [1.807, 2.05) is 24.3 Å². The molecule has 1 aromatic heterocycles. The normalized spacial score (nSPS) is 12.0. The van der Waals surface area contributed by atoms with Crippen molar-refractivity contribution in [2.45, 2.75) is 6.54 Å². The standard InChI is InChI=1S/C23H18N4O5/c28-22(26-30)15-7-5-14(6-8-15)12-27-18-4-2-1-3-17(18)21(25-27)23(29)24-16-9-10-19-20(11-16)32-13-31-19/h1-11,30H,12-13H2,(H,24,29)(H,26,28). The van der Waals surface area contributed by atoms with E-state index < -0.39 is 5.91 Å². The minimum atomic E-state index is -0.580. The van der Waals surface area contributed by atoms with Gasteiger partial charge in [0.05, 0.1) is 12.1 Å². The molecule has 9 nitrogen and oxygen atoms in total. The Labute approximate surface area is 182 Å². The Hall–Kier alpha value is -4.37. The van der Waals surface area contributed by atoms with Gasteiger partial charge in [-0.3, -0.25) is 19.5 Å². The summed E-state index contributed by atoms with van der Waals surface area (Å²) in [5.74, 6) is 0.300. The lowest BCUT2D eigenvalue weighted by atomic mass is 10.1. The van der Waals surface area contributed by atoms with Crippen LogP contribution in [-0.4, -0.2) is 33.6 Å². The van der Waals surface area contributed by atoms with Gasteiger partial charge in [0, 0.05) is 22.7 Å². The second-order valence-corrected chi connectivity index (χ2v) is 7.18. The van der Waals surface area contributed by atoms with Crippen LogP contribution >= 0.6 is 0 Å². The van der Waals surface area contributed by atoms with Crippen LogP contribution in [0.2, 0.25) is 0 Å². The molecule has 0 atom stereocenters. The van der Waals surface area contributed by atoms with Gasteiger partial charge in [-0.05, 0) is 35.9 Å². The van der Waals surface area contributed by atoms with Gasteiger partial charge in [-0.15, -0.1) is 0 Å². The van der Waals surface area contributed by atoms with Crippen molar-refractivity contribution in [3.05, 3.63) is 83.6 Å². The Morgan fingerprint density at radius 3 is 2.56 bits per heavy atom. The van der Waals surface area contributed by atoms with E-state index in [0.29, 0.717) is 35.0 Å². The SMILES string of the molecule is O=C(NO)c1ccc(Cn2nc(C(=O)Nc3ccc4c(c3)OCO4)c3ccccc32)cc1. The van der Waals surface area contributed by atoms with E-state index in [1.165, 1.54) is 0 Å². The molecule has 1 aliphatic heterocycles. The maximum Gasteiger partial charge on any atom is 0.276 e. The predicted octanol–water partition coefficient (Wildman–Crippen LogP) is 3.18. The molecular weight excluding hydrogens is 412 g/mol. The van der Waals surface area contributed by atoms with Crippen LogP contribution in [-0.2, 0) is 6.54 Å². The summed E-state index contributed by atoms with van der Waals surface area (Å²) in [6.45, 7) is 0.562. The highest BCUT2D eigenvalue weighted by molar-refractivity contribution is 6.11. The molecule has 160 valence electrons. The van der Waals surface area contributed by atoms with Gasteiger partial charge in [0.1, 0.15) is 0 Å². The topological polar surface area (TPSA) is 115 Å². The zero-order chi connectivity index (χ0) is 22.1. The van der Waals surface area contributed by atoms with E-state index in [9.17, 15) is 9.59 Å². The van der Waals surface area contributed by atoms with Crippen molar-refractivity contribution in [2.24, 2.45) is 0 Å². The second-order valence-electron chi connectivity index (χ2n) is 7.18. The molecule has 3 aromatic carbocycles. The van der Waals surface area contributed by atoms with Crippen LogP contribution in [0.25, 0.3) is 10.9 Å². The third kappa shape index (κ3) is 3.61. The molecule has 3 N–H and O–H groups in total. The fourth-order valence-corrected chi connectivity index (χ4v) is 3.58. The quantitative estimate of drug-likeness (QED) is 0.331. The number of aromatic nitrogens is 2. The van der Waals surface area contributed by atoms with E-state index in [0.717, 1.165) is 16.5 Å². The van der Waals surface area contributed by atoms with Gasteiger partial charge in [-0.25, -0.2) is 5.48 Å². The summed E-state index contributed by atoms with van der Waals surface area (Å²) in [7, 11) is 0. The van der Waals surface area contributed by atoms with E-state index >= 15 is 0 Å². The molecule has 0 saturated heterocycles. The molecule has 0 saturated carbocycles. The number of nitrogens with one attached hydrogen (secondary N) is 2. The number of fused-ring (bicyclic) bond motifs is 2. The smallest absolute Gasteiger partial charge is 0.276 e. The minimum Gasteiger partial charge on any atom is -0.454 e. The van der Waals surface area contributed by atoms with Crippen LogP contribution in [0.1, 0.15) is 26.4 Å². The van der Waals surface area contributed by atoms with Gasteiger partial charge < -0.3 is 14.8 Å². The summed E-state index contributed by atoms with van der Waals surface area (Å²) < 4.78 is 12.4. The molecular formula is C23H18N4O5. The number of carbonyl (C=O) groups excluding carboxylic acids is 2. The molecule has 0 bridgehead atoms. The molecule has 9 heteroatoms. The summed E-state index contributed by atoms with van der Waals surface area (Å²) in [6, 6.07) is 19.5. The van der Waals surface area contributed by atoms with Crippen molar-refractivity contribution in [1.82, 2.24) is 15.3 Å². The number of hydrogen-bond donors (Lipinski definition) is 3. The molecule has 4 aromatic rings. The predicted molar refractivity (Wildman–Crippen MR) is 115 cm³/mol. The molecule has 0 radical (unpaired) electrons. The number of amides is 2. The molecule has 5 rings (SSSR count). The first kappa shape index (κ1) is 19.6. The maximum absolute atomic E-state index is 13.0. The van der Waals surface area contributed by atoms with Crippen LogP contribution in [0.5, 0.6) is 11.5 Å². The molecule has 1 aliphatic rings. The fraction of sp³-hybridized carbons (Fsp3) is 0.0870. The van der Waals surface area contributed by atoms with Gasteiger partial charge in [-0.1, -0.05) is 30.3 Å². The number of hydrogen-bond acceptors (Lipinski definition) is 6. The van der Waals surface area contributed by atoms with E-state index in [1.54, 1.807) is 52.6 Å². The average molecular weight is 430 g/mol. The summed E-state index contributed by atoms with van der Waals surface area (Å²) in [4.78, 5) is 24.5.